The number of unbranched alkanes of at least 4 members (excludes halogenated alkanes) is 10. The van der Waals surface area contributed by atoms with E-state index in [1.807, 2.05) is 0 Å². The molecule has 1 rings (SSSR count). The van der Waals surface area contributed by atoms with Gasteiger partial charge in [0, 0.05) is 0 Å². The van der Waals surface area contributed by atoms with Crippen molar-refractivity contribution in [3.63, 3.8) is 0 Å². The largest absolute Gasteiger partial charge is 0.0654 e. The van der Waals surface area contributed by atoms with Crippen LogP contribution in [0.5, 0.6) is 0 Å². The van der Waals surface area contributed by atoms with Crippen LogP contribution in [0.3, 0.4) is 0 Å². The fourth-order valence-electron chi connectivity index (χ4n) is 3.09. The summed E-state index contributed by atoms with van der Waals surface area (Å²) in [7, 11) is 0. The van der Waals surface area contributed by atoms with Crippen molar-refractivity contribution in [1.29, 1.82) is 0 Å². The Morgan fingerprint density at radius 2 is 0.773 bits per heavy atom. The fourth-order valence-corrected chi connectivity index (χ4v) is 3.09. The summed E-state index contributed by atoms with van der Waals surface area (Å²) in [6, 6.07) is 9.42. The van der Waals surface area contributed by atoms with Crippen LogP contribution in [-0.4, -0.2) is 0 Å². The average Bonchev–Trinajstić information content (AvgIpc) is 2.55. The van der Waals surface area contributed by atoms with Crippen LogP contribution < -0.4 is 0 Å². The van der Waals surface area contributed by atoms with E-state index in [0.29, 0.717) is 0 Å². The predicted molar refractivity (Wildman–Crippen MR) is 101 cm³/mol. The van der Waals surface area contributed by atoms with Gasteiger partial charge in [-0.05, 0) is 36.8 Å². The number of benzene rings is 1. The van der Waals surface area contributed by atoms with E-state index >= 15 is 0 Å². The number of hydrogen-bond donors (Lipinski definition) is 0. The first-order valence-electron chi connectivity index (χ1n) is 9.94. The van der Waals surface area contributed by atoms with E-state index in [2.05, 4.69) is 38.1 Å². The molecular weight excluding hydrogens is 264 g/mol. The van der Waals surface area contributed by atoms with Crippen molar-refractivity contribution in [3.8, 4) is 0 Å². The molecule has 0 bridgehead atoms. The third-order valence-corrected chi connectivity index (χ3v) is 4.66. The minimum Gasteiger partial charge on any atom is -0.0654 e. The molecule has 0 saturated carbocycles. The van der Waals surface area contributed by atoms with E-state index in [1.165, 1.54) is 101 Å². The maximum atomic E-state index is 2.36. The van der Waals surface area contributed by atoms with Crippen LogP contribution in [0.15, 0.2) is 24.3 Å². The maximum Gasteiger partial charge on any atom is -0.0279 e. The summed E-state index contributed by atoms with van der Waals surface area (Å²) in [5, 5.41) is 0. The van der Waals surface area contributed by atoms with Crippen molar-refractivity contribution in [2.75, 3.05) is 0 Å². The van der Waals surface area contributed by atoms with E-state index in [1.54, 1.807) is 0 Å². The standard InChI is InChI=1S/C22H38/c1-3-5-7-9-10-11-12-14-16-22-19-17-21(18-20-22)15-13-8-6-4-2/h17-20H,3-16H2,1-2H3. The molecule has 0 N–H and O–H groups in total. The molecule has 0 heteroatoms. The molecule has 1 aromatic carbocycles. The summed E-state index contributed by atoms with van der Waals surface area (Å²) in [4.78, 5) is 0. The van der Waals surface area contributed by atoms with Crippen LogP contribution in [0.1, 0.15) is 102 Å². The molecule has 0 spiro atoms. The maximum absolute atomic E-state index is 2.36. The number of aryl methyl sites for hydroxylation is 2. The van der Waals surface area contributed by atoms with Crippen molar-refractivity contribution in [3.05, 3.63) is 35.4 Å². The van der Waals surface area contributed by atoms with Crippen LogP contribution in [0.4, 0.5) is 0 Å². The number of hydrogen-bond acceptors (Lipinski definition) is 0. The van der Waals surface area contributed by atoms with Gasteiger partial charge in [0.25, 0.3) is 0 Å². The second kappa shape index (κ2) is 13.9. The van der Waals surface area contributed by atoms with Gasteiger partial charge in [-0.1, -0.05) is 102 Å². The molecule has 0 aliphatic rings. The van der Waals surface area contributed by atoms with Crippen molar-refractivity contribution < 1.29 is 0 Å². The molecule has 0 fully saturated rings. The second-order valence-electron chi connectivity index (χ2n) is 6.85. The molecule has 0 aliphatic carbocycles. The lowest BCUT2D eigenvalue weighted by molar-refractivity contribution is 0.575. The summed E-state index contributed by atoms with van der Waals surface area (Å²) in [5.41, 5.74) is 3.05. The Bertz CT molecular complexity index is 336. The average molecular weight is 303 g/mol. The van der Waals surface area contributed by atoms with E-state index in [4.69, 9.17) is 0 Å². The first kappa shape index (κ1) is 19.3. The summed E-state index contributed by atoms with van der Waals surface area (Å²) in [5.74, 6) is 0. The molecule has 0 radical (unpaired) electrons. The monoisotopic (exact) mass is 302 g/mol. The normalized spacial score (nSPS) is 11.0. The van der Waals surface area contributed by atoms with Gasteiger partial charge in [-0.15, -0.1) is 0 Å². The highest BCUT2D eigenvalue weighted by Gasteiger charge is 1.97. The van der Waals surface area contributed by atoms with Gasteiger partial charge in [0.1, 0.15) is 0 Å². The molecule has 0 unspecified atom stereocenters. The van der Waals surface area contributed by atoms with E-state index in [0.717, 1.165) is 0 Å². The Kier molecular flexibility index (Phi) is 12.1. The van der Waals surface area contributed by atoms with Gasteiger partial charge in [-0.3, -0.25) is 0 Å². The highest BCUT2D eigenvalue weighted by molar-refractivity contribution is 5.22. The van der Waals surface area contributed by atoms with Crippen molar-refractivity contribution in [2.45, 2.75) is 104 Å². The minimum atomic E-state index is 1.26. The molecule has 1 aromatic rings. The zero-order valence-corrected chi connectivity index (χ0v) is 15.2. The lowest BCUT2D eigenvalue weighted by Crippen LogP contribution is -1.89. The van der Waals surface area contributed by atoms with Gasteiger partial charge in [0.15, 0.2) is 0 Å². The second-order valence-corrected chi connectivity index (χ2v) is 6.85. The highest BCUT2D eigenvalue weighted by Crippen LogP contribution is 2.13. The van der Waals surface area contributed by atoms with Gasteiger partial charge < -0.3 is 0 Å². The zero-order chi connectivity index (χ0) is 15.9. The van der Waals surface area contributed by atoms with Crippen LogP contribution in [0.25, 0.3) is 0 Å². The van der Waals surface area contributed by atoms with Crippen molar-refractivity contribution in [2.24, 2.45) is 0 Å². The fraction of sp³-hybridized carbons (Fsp3) is 0.727. The Balaban J connectivity index is 2.04. The smallest absolute Gasteiger partial charge is 0.0279 e. The van der Waals surface area contributed by atoms with E-state index in [-0.39, 0.29) is 0 Å². The van der Waals surface area contributed by atoms with Gasteiger partial charge in [-0.2, -0.15) is 0 Å². The van der Waals surface area contributed by atoms with Crippen molar-refractivity contribution in [1.82, 2.24) is 0 Å². The van der Waals surface area contributed by atoms with Crippen LogP contribution in [-0.2, 0) is 12.8 Å². The van der Waals surface area contributed by atoms with Gasteiger partial charge >= 0.3 is 0 Å². The van der Waals surface area contributed by atoms with E-state index in [9.17, 15) is 0 Å². The highest BCUT2D eigenvalue weighted by atomic mass is 14.0. The third-order valence-electron chi connectivity index (χ3n) is 4.66. The summed E-state index contributed by atoms with van der Waals surface area (Å²) in [6.07, 6.45) is 19.3. The molecule has 0 aliphatic heterocycles. The molecule has 126 valence electrons. The van der Waals surface area contributed by atoms with Crippen LogP contribution in [0.2, 0.25) is 0 Å². The summed E-state index contributed by atoms with van der Waals surface area (Å²) < 4.78 is 0. The van der Waals surface area contributed by atoms with Gasteiger partial charge in [0.2, 0.25) is 0 Å². The summed E-state index contributed by atoms with van der Waals surface area (Å²) in [6.45, 7) is 4.57. The molecule has 0 saturated heterocycles. The Hall–Kier alpha value is -0.780. The van der Waals surface area contributed by atoms with Crippen LogP contribution >= 0.6 is 0 Å². The van der Waals surface area contributed by atoms with Gasteiger partial charge in [-0.25, -0.2) is 0 Å². The van der Waals surface area contributed by atoms with E-state index < -0.39 is 0 Å². The quantitative estimate of drug-likeness (QED) is 0.312. The lowest BCUT2D eigenvalue weighted by Gasteiger charge is -2.05. The summed E-state index contributed by atoms with van der Waals surface area (Å²) >= 11 is 0. The molecule has 0 amide bonds. The van der Waals surface area contributed by atoms with Crippen molar-refractivity contribution >= 4 is 0 Å². The molecule has 0 nitrogen and oxygen atoms in total. The topological polar surface area (TPSA) is 0 Å². The first-order valence-corrected chi connectivity index (χ1v) is 9.94. The first-order chi connectivity index (χ1) is 10.9. The molecule has 0 atom stereocenters. The lowest BCUT2D eigenvalue weighted by atomic mass is 10.0. The Morgan fingerprint density at radius 1 is 0.455 bits per heavy atom. The predicted octanol–water partition coefficient (Wildman–Crippen LogP) is 7.49. The SMILES string of the molecule is CCCCCCCCCCc1ccc(CCCCCC)cc1. The molecule has 0 aromatic heterocycles. The minimum absolute atomic E-state index is 1.26. The third kappa shape index (κ3) is 10.0. The van der Waals surface area contributed by atoms with Gasteiger partial charge in [0.05, 0.1) is 0 Å². The molecular formula is C22H38. The Morgan fingerprint density at radius 3 is 1.18 bits per heavy atom. The van der Waals surface area contributed by atoms with Crippen LogP contribution in [0, 0.1) is 0 Å². The molecule has 0 heterocycles. The Labute approximate surface area is 139 Å². The zero-order valence-electron chi connectivity index (χ0n) is 15.2. The number of rotatable bonds is 14. The molecule has 22 heavy (non-hydrogen) atoms.